The van der Waals surface area contributed by atoms with Gasteiger partial charge in [-0.2, -0.15) is 0 Å². The van der Waals surface area contributed by atoms with Crippen molar-refractivity contribution in [1.29, 1.82) is 0 Å². The van der Waals surface area contributed by atoms with Gasteiger partial charge in [0.05, 0.1) is 0 Å². The number of anilines is 2. The van der Waals surface area contributed by atoms with Gasteiger partial charge in [0.1, 0.15) is 11.6 Å². The fraction of sp³-hybridized carbons (Fsp3) is 0.190. The topological polar surface area (TPSA) is 102 Å². The first-order chi connectivity index (χ1) is 14.0. The number of hydrogen-bond acceptors (Lipinski definition) is 7. The molecule has 0 saturated heterocycles. The highest BCUT2D eigenvalue weighted by molar-refractivity contribution is 7.98. The molecule has 0 saturated carbocycles. The van der Waals surface area contributed by atoms with Crippen molar-refractivity contribution < 1.29 is 9.53 Å². The predicted molar refractivity (Wildman–Crippen MR) is 115 cm³/mol. The average molecular weight is 410 g/mol. The van der Waals surface area contributed by atoms with E-state index in [4.69, 9.17) is 10.5 Å². The van der Waals surface area contributed by atoms with Crippen molar-refractivity contribution in [3.63, 3.8) is 0 Å². The fourth-order valence-electron chi connectivity index (χ4n) is 2.76. The van der Waals surface area contributed by atoms with Gasteiger partial charge >= 0.3 is 6.09 Å². The van der Waals surface area contributed by atoms with Gasteiger partial charge in [0.2, 0.25) is 0 Å². The maximum absolute atomic E-state index is 11.0. The zero-order valence-electron chi connectivity index (χ0n) is 16.3. The summed E-state index contributed by atoms with van der Waals surface area (Å²) in [7, 11) is 0. The highest BCUT2D eigenvalue weighted by Crippen LogP contribution is 2.27. The van der Waals surface area contributed by atoms with E-state index in [0.29, 0.717) is 16.7 Å². The quantitative estimate of drug-likeness (QED) is 0.377. The van der Waals surface area contributed by atoms with Gasteiger partial charge < -0.3 is 21.1 Å². The minimum Gasteiger partial charge on any atom is -0.410 e. The Morgan fingerprint density at radius 1 is 1.21 bits per heavy atom. The Hall–Kier alpha value is -3.10. The molecule has 0 spiro atoms. The minimum absolute atomic E-state index is 0.0127. The molecule has 7 nitrogen and oxygen atoms in total. The van der Waals surface area contributed by atoms with E-state index in [-0.39, 0.29) is 6.04 Å². The van der Waals surface area contributed by atoms with Crippen LogP contribution in [0.4, 0.5) is 16.3 Å². The van der Waals surface area contributed by atoms with E-state index in [1.807, 2.05) is 36.7 Å². The van der Waals surface area contributed by atoms with Gasteiger partial charge in [-0.1, -0.05) is 48.2 Å². The standard InChI is InChI=1S/C21H23N5O2S/c1-14(23-12-15-7-4-3-5-8-15)18-13-24-21(29-2)26-19(18)25-16-9-6-10-17(11-16)28-20(22)27/h3-11,13-14,23H,12H2,1-2H3,(H2,22,27)(H,24,25,26). The van der Waals surface area contributed by atoms with Crippen molar-refractivity contribution in [2.75, 3.05) is 11.6 Å². The van der Waals surface area contributed by atoms with Crippen molar-refractivity contribution in [2.24, 2.45) is 5.73 Å². The number of thioether (sulfide) groups is 1. The van der Waals surface area contributed by atoms with Gasteiger partial charge in [-0.3, -0.25) is 0 Å². The molecule has 2 aromatic carbocycles. The number of aromatic nitrogens is 2. The summed E-state index contributed by atoms with van der Waals surface area (Å²) in [5, 5.41) is 7.47. The molecule has 0 radical (unpaired) electrons. The number of rotatable bonds is 8. The number of hydrogen-bond donors (Lipinski definition) is 3. The number of nitrogens with zero attached hydrogens (tertiary/aromatic N) is 2. The average Bonchev–Trinajstić information content (AvgIpc) is 2.72. The lowest BCUT2D eigenvalue weighted by Crippen LogP contribution is -2.20. The second-order valence-corrected chi connectivity index (χ2v) is 7.10. The summed E-state index contributed by atoms with van der Waals surface area (Å²) in [6, 6.07) is 17.2. The van der Waals surface area contributed by atoms with Crippen LogP contribution in [0.15, 0.2) is 66.0 Å². The van der Waals surface area contributed by atoms with Crippen molar-refractivity contribution in [3.05, 3.63) is 71.9 Å². The Balaban J connectivity index is 1.80. The lowest BCUT2D eigenvalue weighted by molar-refractivity contribution is 0.211. The lowest BCUT2D eigenvalue weighted by atomic mass is 10.1. The zero-order chi connectivity index (χ0) is 20.6. The van der Waals surface area contributed by atoms with E-state index in [0.717, 1.165) is 17.8 Å². The Labute approximate surface area is 174 Å². The van der Waals surface area contributed by atoms with Gasteiger partial charge in [0.25, 0.3) is 0 Å². The maximum atomic E-state index is 11.0. The van der Waals surface area contributed by atoms with Crippen LogP contribution < -0.4 is 21.1 Å². The molecule has 1 amide bonds. The van der Waals surface area contributed by atoms with E-state index in [1.54, 1.807) is 18.2 Å². The summed E-state index contributed by atoms with van der Waals surface area (Å²) >= 11 is 1.47. The monoisotopic (exact) mass is 409 g/mol. The normalized spacial score (nSPS) is 11.7. The molecule has 0 fully saturated rings. The Kier molecular flexibility index (Phi) is 7.04. The molecule has 0 aliphatic carbocycles. The summed E-state index contributed by atoms with van der Waals surface area (Å²) in [4.78, 5) is 20.0. The number of benzene rings is 2. The number of carbonyl (C=O) groups excluding carboxylic acids is 1. The zero-order valence-corrected chi connectivity index (χ0v) is 17.1. The van der Waals surface area contributed by atoms with E-state index in [9.17, 15) is 4.79 Å². The fourth-order valence-corrected chi connectivity index (χ4v) is 3.10. The van der Waals surface area contributed by atoms with Gasteiger partial charge in [-0.05, 0) is 30.9 Å². The molecule has 29 heavy (non-hydrogen) atoms. The number of amides is 1. The van der Waals surface area contributed by atoms with E-state index >= 15 is 0 Å². The van der Waals surface area contributed by atoms with Gasteiger partial charge in [-0.15, -0.1) is 0 Å². The number of carbonyl (C=O) groups is 1. The van der Waals surface area contributed by atoms with Gasteiger partial charge in [0.15, 0.2) is 5.16 Å². The molecule has 0 bridgehead atoms. The van der Waals surface area contributed by atoms with Crippen LogP contribution >= 0.6 is 11.8 Å². The van der Waals surface area contributed by atoms with Crippen LogP contribution in [0.1, 0.15) is 24.1 Å². The van der Waals surface area contributed by atoms with Crippen LogP contribution in [0.2, 0.25) is 0 Å². The largest absolute Gasteiger partial charge is 0.410 e. The molecule has 1 aromatic heterocycles. The van der Waals surface area contributed by atoms with Crippen molar-refractivity contribution in [1.82, 2.24) is 15.3 Å². The molecule has 1 atom stereocenters. The Morgan fingerprint density at radius 3 is 2.72 bits per heavy atom. The molecule has 4 N–H and O–H groups in total. The van der Waals surface area contributed by atoms with Gasteiger partial charge in [-0.25, -0.2) is 14.8 Å². The molecule has 0 aliphatic heterocycles. The molecule has 1 unspecified atom stereocenters. The summed E-state index contributed by atoms with van der Waals surface area (Å²) < 4.78 is 4.95. The molecule has 1 heterocycles. The predicted octanol–water partition coefficient (Wildman–Crippen LogP) is 4.25. The molecule has 3 aromatic rings. The molecule has 0 aliphatic rings. The number of primary amides is 1. The minimum atomic E-state index is -0.853. The van der Waals surface area contributed by atoms with Crippen molar-refractivity contribution >= 4 is 29.4 Å². The number of nitrogens with two attached hydrogens (primary N) is 1. The second-order valence-electron chi connectivity index (χ2n) is 6.32. The first kappa shape index (κ1) is 20.6. The smallest absolute Gasteiger partial charge is 0.409 e. The number of ether oxygens (including phenoxy) is 1. The van der Waals surface area contributed by atoms with Gasteiger partial charge in [0, 0.05) is 36.1 Å². The Bertz CT molecular complexity index is 968. The van der Waals surface area contributed by atoms with Crippen LogP contribution in [0.3, 0.4) is 0 Å². The van der Waals surface area contributed by atoms with Crippen LogP contribution in [0.25, 0.3) is 0 Å². The third kappa shape index (κ3) is 5.94. The van der Waals surface area contributed by atoms with E-state index in [1.165, 1.54) is 17.3 Å². The lowest BCUT2D eigenvalue weighted by Gasteiger charge is -2.18. The van der Waals surface area contributed by atoms with Crippen LogP contribution in [0.5, 0.6) is 5.75 Å². The molecular formula is C21H23N5O2S. The van der Waals surface area contributed by atoms with Crippen LogP contribution in [-0.2, 0) is 6.54 Å². The van der Waals surface area contributed by atoms with Crippen molar-refractivity contribution in [3.8, 4) is 5.75 Å². The summed E-state index contributed by atoms with van der Waals surface area (Å²) in [5.41, 5.74) is 7.96. The Morgan fingerprint density at radius 2 is 2.00 bits per heavy atom. The summed E-state index contributed by atoms with van der Waals surface area (Å²) in [5.74, 6) is 1.05. The SMILES string of the molecule is CSc1ncc(C(C)NCc2ccccc2)c(Nc2cccc(OC(N)=O)c2)n1. The third-order valence-corrected chi connectivity index (χ3v) is 4.78. The van der Waals surface area contributed by atoms with Crippen LogP contribution in [0, 0.1) is 0 Å². The summed E-state index contributed by atoms with van der Waals surface area (Å²) in [6.45, 7) is 2.80. The van der Waals surface area contributed by atoms with Crippen LogP contribution in [-0.4, -0.2) is 22.3 Å². The highest BCUT2D eigenvalue weighted by atomic mass is 32.2. The van der Waals surface area contributed by atoms with Crippen molar-refractivity contribution in [2.45, 2.75) is 24.7 Å². The molecule has 8 heteroatoms. The van der Waals surface area contributed by atoms with E-state index in [2.05, 4.69) is 39.7 Å². The van der Waals surface area contributed by atoms with E-state index < -0.39 is 6.09 Å². The number of nitrogens with one attached hydrogen (secondary N) is 2. The molecule has 3 rings (SSSR count). The third-order valence-electron chi connectivity index (χ3n) is 4.21. The molecule has 150 valence electrons. The first-order valence-electron chi connectivity index (χ1n) is 9.07. The maximum Gasteiger partial charge on any atom is 0.409 e. The highest BCUT2D eigenvalue weighted by Gasteiger charge is 2.14. The molecular weight excluding hydrogens is 386 g/mol. The summed E-state index contributed by atoms with van der Waals surface area (Å²) in [6.07, 6.45) is 2.90. The second kappa shape index (κ2) is 9.90. The first-order valence-corrected chi connectivity index (χ1v) is 10.3.